The molecule has 0 saturated heterocycles. The van der Waals surface area contributed by atoms with Gasteiger partial charge in [-0.05, 0) is 55.8 Å². The van der Waals surface area contributed by atoms with Gasteiger partial charge < -0.3 is 5.11 Å². The van der Waals surface area contributed by atoms with Gasteiger partial charge in [-0.1, -0.05) is 13.8 Å². The van der Waals surface area contributed by atoms with Crippen molar-refractivity contribution in [2.75, 3.05) is 13.1 Å². The SMILES string of the molecule is CC1(C)CCC(N(CC2CC2)CC2CC2)C1O. The molecular formula is C15H27NO. The summed E-state index contributed by atoms with van der Waals surface area (Å²) in [5, 5.41) is 10.5. The zero-order chi connectivity index (χ0) is 12.0. The van der Waals surface area contributed by atoms with E-state index < -0.39 is 0 Å². The molecule has 0 aliphatic heterocycles. The molecule has 3 fully saturated rings. The summed E-state index contributed by atoms with van der Waals surface area (Å²) in [5.41, 5.74) is 0.135. The summed E-state index contributed by atoms with van der Waals surface area (Å²) in [6.45, 7) is 6.97. The molecule has 3 rings (SSSR count). The Labute approximate surface area is 105 Å². The number of aliphatic hydroxyl groups excluding tert-OH is 1. The van der Waals surface area contributed by atoms with Crippen molar-refractivity contribution >= 4 is 0 Å². The molecule has 0 aromatic carbocycles. The van der Waals surface area contributed by atoms with Crippen LogP contribution in [0.15, 0.2) is 0 Å². The van der Waals surface area contributed by atoms with Gasteiger partial charge >= 0.3 is 0 Å². The number of hydrogen-bond donors (Lipinski definition) is 1. The van der Waals surface area contributed by atoms with Crippen LogP contribution in [0.4, 0.5) is 0 Å². The number of aliphatic hydroxyl groups is 1. The lowest BCUT2D eigenvalue weighted by molar-refractivity contribution is 0.0113. The third-order valence-corrected chi connectivity index (χ3v) is 5.10. The second-order valence-electron chi connectivity index (χ2n) is 7.38. The van der Waals surface area contributed by atoms with Crippen molar-refractivity contribution in [3.05, 3.63) is 0 Å². The molecule has 98 valence electrons. The second kappa shape index (κ2) is 4.24. The van der Waals surface area contributed by atoms with Gasteiger partial charge in [0.25, 0.3) is 0 Å². The first-order chi connectivity index (χ1) is 8.06. The molecule has 17 heavy (non-hydrogen) atoms. The van der Waals surface area contributed by atoms with E-state index in [-0.39, 0.29) is 11.5 Å². The summed E-state index contributed by atoms with van der Waals surface area (Å²) in [4.78, 5) is 2.65. The van der Waals surface area contributed by atoms with E-state index in [4.69, 9.17) is 0 Å². The molecule has 3 saturated carbocycles. The maximum atomic E-state index is 10.5. The van der Waals surface area contributed by atoms with Gasteiger partial charge in [0.1, 0.15) is 0 Å². The molecule has 2 atom stereocenters. The highest BCUT2D eigenvalue weighted by atomic mass is 16.3. The first kappa shape index (κ1) is 12.0. The van der Waals surface area contributed by atoms with Crippen LogP contribution in [0.25, 0.3) is 0 Å². The van der Waals surface area contributed by atoms with Crippen LogP contribution in [0, 0.1) is 17.3 Å². The van der Waals surface area contributed by atoms with Crippen LogP contribution in [0.5, 0.6) is 0 Å². The van der Waals surface area contributed by atoms with E-state index in [2.05, 4.69) is 18.7 Å². The Morgan fingerprint density at radius 2 is 1.53 bits per heavy atom. The van der Waals surface area contributed by atoms with E-state index >= 15 is 0 Å². The van der Waals surface area contributed by atoms with Crippen LogP contribution in [0.2, 0.25) is 0 Å². The first-order valence-corrected chi connectivity index (χ1v) is 7.48. The van der Waals surface area contributed by atoms with Crippen molar-refractivity contribution in [2.24, 2.45) is 17.3 Å². The summed E-state index contributed by atoms with van der Waals surface area (Å²) >= 11 is 0. The highest BCUT2D eigenvalue weighted by Gasteiger charge is 2.45. The quantitative estimate of drug-likeness (QED) is 0.794. The minimum Gasteiger partial charge on any atom is -0.391 e. The fraction of sp³-hybridized carbons (Fsp3) is 1.00. The summed E-state index contributed by atoms with van der Waals surface area (Å²) in [6, 6.07) is 0.450. The van der Waals surface area contributed by atoms with Crippen LogP contribution >= 0.6 is 0 Å². The van der Waals surface area contributed by atoms with Crippen LogP contribution in [0.3, 0.4) is 0 Å². The highest BCUT2D eigenvalue weighted by Crippen LogP contribution is 2.42. The van der Waals surface area contributed by atoms with Crippen molar-refractivity contribution in [1.82, 2.24) is 4.90 Å². The molecule has 1 N–H and O–H groups in total. The van der Waals surface area contributed by atoms with Crippen molar-refractivity contribution in [3.8, 4) is 0 Å². The maximum absolute atomic E-state index is 10.5. The Balaban J connectivity index is 1.64. The fourth-order valence-corrected chi connectivity index (χ4v) is 3.34. The van der Waals surface area contributed by atoms with E-state index in [0.717, 1.165) is 11.8 Å². The molecule has 0 radical (unpaired) electrons. The predicted octanol–water partition coefficient (Wildman–Crippen LogP) is 2.66. The van der Waals surface area contributed by atoms with Gasteiger partial charge in [-0.3, -0.25) is 4.90 Å². The Morgan fingerprint density at radius 1 is 1.00 bits per heavy atom. The maximum Gasteiger partial charge on any atom is 0.0746 e. The van der Waals surface area contributed by atoms with Crippen molar-refractivity contribution in [1.29, 1.82) is 0 Å². The highest BCUT2D eigenvalue weighted by molar-refractivity contribution is 4.98. The van der Waals surface area contributed by atoms with Gasteiger partial charge in [-0.2, -0.15) is 0 Å². The first-order valence-electron chi connectivity index (χ1n) is 7.48. The summed E-state index contributed by atoms with van der Waals surface area (Å²) in [6.07, 6.45) is 7.97. The molecule has 0 bridgehead atoms. The third kappa shape index (κ3) is 2.68. The van der Waals surface area contributed by atoms with E-state index in [1.165, 1.54) is 51.6 Å². The van der Waals surface area contributed by atoms with Crippen molar-refractivity contribution in [2.45, 2.75) is 64.5 Å². The minimum atomic E-state index is -0.111. The molecule has 0 heterocycles. The van der Waals surface area contributed by atoms with Gasteiger partial charge in [0, 0.05) is 19.1 Å². The third-order valence-electron chi connectivity index (χ3n) is 5.10. The van der Waals surface area contributed by atoms with Gasteiger partial charge in [0.05, 0.1) is 6.10 Å². The van der Waals surface area contributed by atoms with Crippen LogP contribution in [0.1, 0.15) is 52.4 Å². The topological polar surface area (TPSA) is 23.5 Å². The average Bonchev–Trinajstić information content (AvgIpc) is 3.12. The number of rotatable bonds is 5. The smallest absolute Gasteiger partial charge is 0.0746 e. The predicted molar refractivity (Wildman–Crippen MR) is 69.8 cm³/mol. The summed E-state index contributed by atoms with van der Waals surface area (Å²) in [7, 11) is 0. The van der Waals surface area contributed by atoms with E-state index in [1.54, 1.807) is 0 Å². The van der Waals surface area contributed by atoms with E-state index in [0.29, 0.717) is 6.04 Å². The molecule has 0 aromatic rings. The zero-order valence-corrected chi connectivity index (χ0v) is 11.4. The Hall–Kier alpha value is -0.0800. The van der Waals surface area contributed by atoms with Crippen molar-refractivity contribution in [3.63, 3.8) is 0 Å². The largest absolute Gasteiger partial charge is 0.391 e. The molecule has 2 unspecified atom stereocenters. The van der Waals surface area contributed by atoms with Crippen LogP contribution < -0.4 is 0 Å². The lowest BCUT2D eigenvalue weighted by Crippen LogP contribution is -2.45. The van der Waals surface area contributed by atoms with E-state index in [1.807, 2.05) is 0 Å². The fourth-order valence-electron chi connectivity index (χ4n) is 3.34. The molecule has 2 heteroatoms. The van der Waals surface area contributed by atoms with Gasteiger partial charge in [-0.25, -0.2) is 0 Å². The molecule has 2 nitrogen and oxygen atoms in total. The van der Waals surface area contributed by atoms with Gasteiger partial charge in [-0.15, -0.1) is 0 Å². The lowest BCUT2D eigenvalue weighted by atomic mass is 9.88. The average molecular weight is 237 g/mol. The molecule has 0 amide bonds. The Kier molecular flexibility index (Phi) is 2.99. The standard InChI is InChI=1S/C15H27NO/c1-15(2)8-7-13(14(15)17)16(9-11-3-4-11)10-12-5-6-12/h11-14,17H,3-10H2,1-2H3. The zero-order valence-electron chi connectivity index (χ0n) is 11.4. The lowest BCUT2D eigenvalue weighted by Gasteiger charge is -2.34. The van der Waals surface area contributed by atoms with Gasteiger partial charge in [0.2, 0.25) is 0 Å². The second-order valence-corrected chi connectivity index (χ2v) is 7.38. The van der Waals surface area contributed by atoms with Crippen LogP contribution in [-0.2, 0) is 0 Å². The molecule has 3 aliphatic carbocycles. The van der Waals surface area contributed by atoms with E-state index in [9.17, 15) is 5.11 Å². The summed E-state index contributed by atoms with van der Waals surface area (Å²) < 4.78 is 0. The molecule has 0 spiro atoms. The Bertz CT molecular complexity index is 267. The normalized spacial score (nSPS) is 36.7. The summed E-state index contributed by atoms with van der Waals surface area (Å²) in [5.74, 6) is 1.90. The number of hydrogen-bond acceptors (Lipinski definition) is 2. The minimum absolute atomic E-state index is 0.111. The van der Waals surface area contributed by atoms with Crippen molar-refractivity contribution < 1.29 is 5.11 Å². The van der Waals surface area contributed by atoms with Crippen LogP contribution in [-0.4, -0.2) is 35.2 Å². The molecule has 0 aromatic heterocycles. The monoisotopic (exact) mass is 237 g/mol. The Morgan fingerprint density at radius 3 is 1.88 bits per heavy atom. The molecule has 3 aliphatic rings. The van der Waals surface area contributed by atoms with Gasteiger partial charge in [0.15, 0.2) is 0 Å². The number of nitrogens with zero attached hydrogens (tertiary/aromatic N) is 1. The molecular weight excluding hydrogens is 210 g/mol.